The summed E-state index contributed by atoms with van der Waals surface area (Å²) < 4.78 is 23.6. The molecule has 6 nitrogen and oxygen atoms in total. The molecule has 27 heavy (non-hydrogen) atoms. The molecule has 7 heteroatoms. The lowest BCUT2D eigenvalue weighted by molar-refractivity contribution is 0.297. The van der Waals surface area contributed by atoms with Gasteiger partial charge in [-0.1, -0.05) is 30.3 Å². The average Bonchev–Trinajstić information content (AvgIpc) is 2.93. The van der Waals surface area contributed by atoms with Gasteiger partial charge in [0.05, 0.1) is 13.2 Å². The molecule has 2 aromatic rings. The lowest BCUT2D eigenvalue weighted by atomic mass is 10.2. The number of guanidine groups is 1. The minimum atomic E-state index is -0.921. The van der Waals surface area contributed by atoms with Crippen LogP contribution < -0.4 is 20.1 Å². The summed E-state index contributed by atoms with van der Waals surface area (Å²) in [6, 6.07) is 15.6. The summed E-state index contributed by atoms with van der Waals surface area (Å²) in [5, 5.41) is 6.43. The van der Waals surface area contributed by atoms with Gasteiger partial charge in [-0.05, 0) is 17.7 Å². The van der Waals surface area contributed by atoms with Crippen molar-refractivity contribution in [2.24, 2.45) is 4.99 Å². The van der Waals surface area contributed by atoms with Crippen LogP contribution in [0.25, 0.3) is 0 Å². The molecule has 0 saturated carbocycles. The standard InChI is InChI=1S/C20H25N3O3S/c1-21-20(22-10-13-27(24)15-16-6-3-2-4-7-16)23-17-8-9-18-19(14-17)26-12-5-11-25-18/h2-4,6-9,14H,5,10-13,15H2,1H3,(H2,21,22,23). The Bertz CT molecular complexity index is 796. The number of hydrogen-bond donors (Lipinski definition) is 2. The molecule has 0 spiro atoms. The highest BCUT2D eigenvalue weighted by Gasteiger charge is 2.11. The predicted octanol–water partition coefficient (Wildman–Crippen LogP) is 2.78. The summed E-state index contributed by atoms with van der Waals surface area (Å²) in [7, 11) is 0.786. The minimum absolute atomic E-state index is 0.552. The maximum atomic E-state index is 12.2. The summed E-state index contributed by atoms with van der Waals surface area (Å²) in [5.41, 5.74) is 1.95. The van der Waals surface area contributed by atoms with E-state index in [1.807, 2.05) is 48.5 Å². The molecule has 2 N–H and O–H groups in total. The normalized spacial score (nSPS) is 14.9. The Kier molecular flexibility index (Phi) is 7.10. The molecular weight excluding hydrogens is 362 g/mol. The first-order valence-corrected chi connectivity index (χ1v) is 10.5. The first-order chi connectivity index (χ1) is 13.2. The second-order valence-electron chi connectivity index (χ2n) is 6.11. The van der Waals surface area contributed by atoms with Gasteiger partial charge >= 0.3 is 0 Å². The van der Waals surface area contributed by atoms with Crippen molar-refractivity contribution in [3.05, 3.63) is 54.1 Å². The maximum Gasteiger partial charge on any atom is 0.195 e. The van der Waals surface area contributed by atoms with Crippen LogP contribution in [-0.4, -0.2) is 42.7 Å². The largest absolute Gasteiger partial charge is 0.490 e. The van der Waals surface area contributed by atoms with Crippen LogP contribution in [0.15, 0.2) is 53.5 Å². The summed E-state index contributed by atoms with van der Waals surface area (Å²) in [6.45, 7) is 1.89. The van der Waals surface area contributed by atoms with E-state index in [-0.39, 0.29) is 0 Å². The molecule has 0 aliphatic carbocycles. The van der Waals surface area contributed by atoms with Gasteiger partial charge in [0, 0.05) is 54.1 Å². The van der Waals surface area contributed by atoms with E-state index in [1.165, 1.54) is 0 Å². The number of ether oxygens (including phenoxy) is 2. The van der Waals surface area contributed by atoms with Gasteiger partial charge in [0.15, 0.2) is 17.5 Å². The molecular formula is C20H25N3O3S. The molecule has 0 radical (unpaired) electrons. The number of rotatable bonds is 6. The fraction of sp³-hybridized carbons (Fsp3) is 0.350. The average molecular weight is 388 g/mol. The van der Waals surface area contributed by atoms with Gasteiger partial charge in [-0.15, -0.1) is 0 Å². The molecule has 0 saturated heterocycles. The molecule has 2 aromatic carbocycles. The molecule has 1 aliphatic rings. The molecule has 1 heterocycles. The second-order valence-corrected chi connectivity index (χ2v) is 7.69. The van der Waals surface area contributed by atoms with Crippen molar-refractivity contribution in [1.82, 2.24) is 5.32 Å². The van der Waals surface area contributed by atoms with E-state index in [0.717, 1.165) is 29.2 Å². The highest BCUT2D eigenvalue weighted by atomic mass is 32.2. The Morgan fingerprint density at radius 1 is 1.11 bits per heavy atom. The summed E-state index contributed by atoms with van der Waals surface area (Å²) in [6.07, 6.45) is 0.876. The quantitative estimate of drug-likeness (QED) is 0.589. The smallest absolute Gasteiger partial charge is 0.195 e. The molecule has 0 fully saturated rings. The van der Waals surface area contributed by atoms with Crippen LogP contribution in [0.3, 0.4) is 0 Å². The molecule has 3 rings (SSSR count). The first-order valence-electron chi connectivity index (χ1n) is 9.01. The Balaban J connectivity index is 1.48. The van der Waals surface area contributed by atoms with Crippen molar-refractivity contribution < 1.29 is 13.7 Å². The van der Waals surface area contributed by atoms with Gasteiger partial charge in [-0.3, -0.25) is 9.20 Å². The number of nitrogens with one attached hydrogen (secondary N) is 2. The highest BCUT2D eigenvalue weighted by Crippen LogP contribution is 2.32. The zero-order valence-corrected chi connectivity index (χ0v) is 16.3. The molecule has 0 bridgehead atoms. The Morgan fingerprint density at radius 2 is 1.89 bits per heavy atom. The number of fused-ring (bicyclic) bond motifs is 1. The van der Waals surface area contributed by atoms with Crippen LogP contribution in [0.5, 0.6) is 11.5 Å². The van der Waals surface area contributed by atoms with Gasteiger partial charge in [0.25, 0.3) is 0 Å². The van der Waals surface area contributed by atoms with Gasteiger partial charge in [0.2, 0.25) is 0 Å². The van der Waals surface area contributed by atoms with Crippen molar-refractivity contribution in [2.75, 3.05) is 37.9 Å². The fourth-order valence-electron chi connectivity index (χ4n) is 2.67. The first kappa shape index (κ1) is 19.2. The number of hydrogen-bond acceptors (Lipinski definition) is 4. The van der Waals surface area contributed by atoms with Gasteiger partial charge in [-0.25, -0.2) is 0 Å². The summed E-state index contributed by atoms with van der Waals surface area (Å²) in [4.78, 5) is 4.22. The Morgan fingerprint density at radius 3 is 2.67 bits per heavy atom. The van der Waals surface area contributed by atoms with Crippen molar-refractivity contribution >= 4 is 22.4 Å². The van der Waals surface area contributed by atoms with Gasteiger partial charge < -0.3 is 20.1 Å². The van der Waals surface area contributed by atoms with E-state index < -0.39 is 10.8 Å². The van der Waals surface area contributed by atoms with Crippen molar-refractivity contribution in [1.29, 1.82) is 0 Å². The monoisotopic (exact) mass is 387 g/mol. The highest BCUT2D eigenvalue weighted by molar-refractivity contribution is 7.84. The maximum absolute atomic E-state index is 12.2. The fourth-order valence-corrected chi connectivity index (χ4v) is 3.71. The molecule has 0 aromatic heterocycles. The van der Waals surface area contributed by atoms with E-state index in [0.29, 0.717) is 37.2 Å². The molecule has 1 aliphatic heterocycles. The number of anilines is 1. The van der Waals surface area contributed by atoms with Crippen LogP contribution in [0, 0.1) is 0 Å². The lowest BCUT2D eigenvalue weighted by Gasteiger charge is -2.14. The summed E-state index contributed by atoms with van der Waals surface area (Å²) >= 11 is 0. The molecule has 1 unspecified atom stereocenters. The number of aliphatic imine (C=N–C) groups is 1. The SMILES string of the molecule is CN=C(NCCS(=O)Cc1ccccc1)Nc1ccc2c(c1)OCCCO2. The van der Waals surface area contributed by atoms with E-state index in [9.17, 15) is 4.21 Å². The zero-order chi connectivity index (χ0) is 18.9. The summed E-state index contributed by atoms with van der Waals surface area (Å²) in [5.74, 6) is 3.24. The van der Waals surface area contributed by atoms with Crippen LogP contribution in [0.1, 0.15) is 12.0 Å². The van der Waals surface area contributed by atoms with Crippen LogP contribution in [0.4, 0.5) is 5.69 Å². The lowest BCUT2D eigenvalue weighted by Crippen LogP contribution is -2.33. The number of benzene rings is 2. The third-order valence-corrected chi connectivity index (χ3v) is 5.34. The second kappa shape index (κ2) is 9.97. The van der Waals surface area contributed by atoms with Crippen molar-refractivity contribution in [3.63, 3.8) is 0 Å². The van der Waals surface area contributed by atoms with E-state index in [2.05, 4.69) is 15.6 Å². The molecule has 1 atom stereocenters. The van der Waals surface area contributed by atoms with Gasteiger partial charge in [0.1, 0.15) is 0 Å². The Hall–Kier alpha value is -2.54. The molecule has 0 amide bonds. The zero-order valence-electron chi connectivity index (χ0n) is 15.4. The van der Waals surface area contributed by atoms with E-state index >= 15 is 0 Å². The number of nitrogens with zero attached hydrogens (tertiary/aromatic N) is 1. The Labute approximate surface area is 162 Å². The van der Waals surface area contributed by atoms with E-state index in [4.69, 9.17) is 9.47 Å². The predicted molar refractivity (Wildman–Crippen MR) is 110 cm³/mol. The van der Waals surface area contributed by atoms with Crippen LogP contribution in [0.2, 0.25) is 0 Å². The van der Waals surface area contributed by atoms with Gasteiger partial charge in [-0.2, -0.15) is 0 Å². The van der Waals surface area contributed by atoms with Crippen molar-refractivity contribution in [2.45, 2.75) is 12.2 Å². The van der Waals surface area contributed by atoms with E-state index in [1.54, 1.807) is 7.05 Å². The van der Waals surface area contributed by atoms with Crippen molar-refractivity contribution in [3.8, 4) is 11.5 Å². The van der Waals surface area contributed by atoms with Crippen LogP contribution >= 0.6 is 0 Å². The molecule has 144 valence electrons. The minimum Gasteiger partial charge on any atom is -0.490 e. The third-order valence-electron chi connectivity index (χ3n) is 4.03. The van der Waals surface area contributed by atoms with Crippen LogP contribution in [-0.2, 0) is 16.6 Å². The third kappa shape index (κ3) is 5.99. The topological polar surface area (TPSA) is 72.0 Å².